The van der Waals surface area contributed by atoms with Gasteiger partial charge in [-0.2, -0.15) is 10.1 Å². The highest BCUT2D eigenvalue weighted by molar-refractivity contribution is 6.33. The van der Waals surface area contributed by atoms with Crippen molar-refractivity contribution in [1.29, 1.82) is 0 Å². The maximum absolute atomic E-state index is 15.8. The van der Waals surface area contributed by atoms with E-state index in [1.807, 2.05) is 23.9 Å². The number of benzene rings is 2. The maximum Gasteiger partial charge on any atom is 0.301 e. The summed E-state index contributed by atoms with van der Waals surface area (Å²) in [5, 5.41) is 14.7. The molecule has 63 heavy (non-hydrogen) atoms. The van der Waals surface area contributed by atoms with Gasteiger partial charge in [0.2, 0.25) is 23.5 Å². The number of halogens is 4. The van der Waals surface area contributed by atoms with Crippen LogP contribution in [0.3, 0.4) is 0 Å². The fourth-order valence-electron chi connectivity index (χ4n) is 9.98. The molecule has 4 aliphatic heterocycles. The molecule has 19 heteroatoms. The lowest BCUT2D eigenvalue weighted by Gasteiger charge is -2.43. The number of imide groups is 1. The number of para-hydroxylation sites is 1. The molecule has 10 rings (SSSR count). The number of piperidine rings is 2. The molecule has 3 aromatic heterocycles. The predicted octanol–water partition coefficient (Wildman–Crippen LogP) is 5.92. The fraction of sp³-hybridized carbons (Fsp3) is 0.500. The standard InChI is InChI=1S/C44H49ClF3N11O4/c1-23-20-59(32-6-4-5-26-35(54-56(3)37(26)32)27-9-10-34(60)51-41(27)61)16-15-58(23)21-24-11-13-57(14-12-24)43-49-19-29(45)40(53-43)50-31-17-28-33(18-30(31)46)55(2)42(62)38-36(28)52-39(25-7-8-25)44(47,48)22-63-38/h4-6,17-19,23-25,27,39,52H,7-16,20-22H2,1-3H3,(H,49,50,53)(H,51,60,61)/t23-,27?,39-/m0/s1. The zero-order valence-electron chi connectivity index (χ0n) is 35.3. The number of alkyl halides is 2. The van der Waals surface area contributed by atoms with E-state index in [2.05, 4.69) is 48.6 Å². The Kier molecular flexibility index (Phi) is 10.4. The highest BCUT2D eigenvalue weighted by atomic mass is 35.5. The van der Waals surface area contributed by atoms with Crippen molar-refractivity contribution in [3.63, 3.8) is 0 Å². The van der Waals surface area contributed by atoms with E-state index < -0.39 is 35.9 Å². The van der Waals surface area contributed by atoms with E-state index in [1.165, 1.54) is 29.9 Å². The summed E-state index contributed by atoms with van der Waals surface area (Å²) in [4.78, 5) is 54.1. The maximum atomic E-state index is 15.8. The van der Waals surface area contributed by atoms with Crippen molar-refractivity contribution in [1.82, 2.24) is 34.5 Å². The second kappa shape index (κ2) is 15.9. The summed E-state index contributed by atoms with van der Waals surface area (Å²) in [5.41, 5.74) is 2.48. The van der Waals surface area contributed by atoms with Crippen LogP contribution >= 0.6 is 11.6 Å². The highest BCUT2D eigenvalue weighted by Gasteiger charge is 2.51. The Morgan fingerprint density at radius 3 is 2.54 bits per heavy atom. The van der Waals surface area contributed by atoms with Crippen molar-refractivity contribution in [2.24, 2.45) is 25.9 Å². The molecule has 1 aliphatic carbocycles. The van der Waals surface area contributed by atoms with Crippen LogP contribution in [0, 0.1) is 17.7 Å². The van der Waals surface area contributed by atoms with Crippen molar-refractivity contribution in [3.05, 3.63) is 63.4 Å². The minimum Gasteiger partial charge on any atom is -0.480 e. The van der Waals surface area contributed by atoms with Gasteiger partial charge in [-0.15, -0.1) is 0 Å². The summed E-state index contributed by atoms with van der Waals surface area (Å²) in [7, 11) is 3.36. The lowest BCUT2D eigenvalue weighted by Crippen LogP contribution is -2.54. The minimum absolute atomic E-state index is 0.00224. The van der Waals surface area contributed by atoms with Crippen molar-refractivity contribution < 1.29 is 27.5 Å². The first-order chi connectivity index (χ1) is 30.2. The van der Waals surface area contributed by atoms with Crippen LogP contribution in [0.2, 0.25) is 5.02 Å². The molecule has 0 bridgehead atoms. The van der Waals surface area contributed by atoms with E-state index in [0.717, 1.165) is 68.7 Å². The fourth-order valence-corrected chi connectivity index (χ4v) is 10.1. The van der Waals surface area contributed by atoms with E-state index in [-0.39, 0.29) is 51.2 Å². The Labute approximate surface area is 365 Å². The predicted molar refractivity (Wildman–Crippen MR) is 234 cm³/mol. The molecular formula is C44H49ClF3N11O4. The lowest BCUT2D eigenvalue weighted by molar-refractivity contribution is -0.134. The number of rotatable bonds is 8. The molecule has 7 heterocycles. The zero-order valence-corrected chi connectivity index (χ0v) is 36.0. The number of fused-ring (bicyclic) bond motifs is 4. The first kappa shape index (κ1) is 41.4. The third kappa shape index (κ3) is 7.57. The summed E-state index contributed by atoms with van der Waals surface area (Å²) in [6, 6.07) is 7.88. The number of anilines is 5. The Bertz CT molecular complexity index is 2720. The van der Waals surface area contributed by atoms with Crippen LogP contribution in [-0.2, 0) is 23.7 Å². The third-order valence-corrected chi connectivity index (χ3v) is 13.9. The second-order valence-electron chi connectivity index (χ2n) is 17.8. The van der Waals surface area contributed by atoms with E-state index in [1.54, 1.807) is 0 Å². The number of carbonyl (C=O) groups excluding carboxylic acids is 2. The van der Waals surface area contributed by atoms with Crippen LogP contribution in [0.25, 0.3) is 21.8 Å². The van der Waals surface area contributed by atoms with Crippen molar-refractivity contribution in [3.8, 4) is 5.75 Å². The van der Waals surface area contributed by atoms with Crippen LogP contribution in [0.5, 0.6) is 5.75 Å². The van der Waals surface area contributed by atoms with Crippen LogP contribution in [0.1, 0.15) is 57.1 Å². The highest BCUT2D eigenvalue weighted by Crippen LogP contribution is 2.46. The van der Waals surface area contributed by atoms with E-state index >= 15 is 13.2 Å². The molecule has 15 nitrogen and oxygen atoms in total. The summed E-state index contributed by atoms with van der Waals surface area (Å²) in [5.74, 6) is -4.27. The number of pyridine rings is 1. The number of piperazine rings is 1. The zero-order chi connectivity index (χ0) is 43.9. The van der Waals surface area contributed by atoms with Crippen LogP contribution in [0.4, 0.5) is 42.0 Å². The number of nitrogens with zero attached hydrogens (tertiary/aromatic N) is 8. The Morgan fingerprint density at radius 1 is 1.00 bits per heavy atom. The molecule has 2 aromatic carbocycles. The normalized spacial score (nSPS) is 23.3. The SMILES string of the molecule is C[C@H]1CN(c2cccc3c(C4CCC(=O)NC4=O)nn(C)c23)CCN1CC1CCN(c2ncc(Cl)c(Nc3cc4c5c(c(=O)n(C)c4cc3F)OCC(F)(F)[C@H](C3CC3)N5)n2)CC1. The summed E-state index contributed by atoms with van der Waals surface area (Å²) >= 11 is 6.58. The Morgan fingerprint density at radius 2 is 1.79 bits per heavy atom. The topological polar surface area (TPSA) is 155 Å². The van der Waals surface area contributed by atoms with Crippen molar-refractivity contribution in [2.45, 2.75) is 69.4 Å². The van der Waals surface area contributed by atoms with E-state index in [9.17, 15) is 14.4 Å². The van der Waals surface area contributed by atoms with Crippen molar-refractivity contribution >= 4 is 74.0 Å². The molecule has 0 spiro atoms. The largest absolute Gasteiger partial charge is 0.480 e. The number of aryl methyl sites for hydroxylation is 2. The van der Waals surface area contributed by atoms with Crippen LogP contribution in [0.15, 0.2) is 41.3 Å². The number of ether oxygens (including phenoxy) is 1. The first-order valence-corrected chi connectivity index (χ1v) is 22.1. The molecule has 2 amide bonds. The Hall–Kier alpha value is -5.62. The van der Waals surface area contributed by atoms with Gasteiger partial charge in [0.1, 0.15) is 10.8 Å². The average molecular weight is 888 g/mol. The molecule has 3 atom stereocenters. The van der Waals surface area contributed by atoms with Gasteiger partial charge in [-0.3, -0.25) is 29.3 Å². The number of carbonyl (C=O) groups is 2. The number of amides is 2. The van der Waals surface area contributed by atoms with Gasteiger partial charge in [-0.25, -0.2) is 18.2 Å². The molecule has 3 N–H and O–H groups in total. The molecule has 1 saturated carbocycles. The molecular weight excluding hydrogens is 839 g/mol. The molecule has 4 fully saturated rings. The van der Waals surface area contributed by atoms with Gasteiger partial charge in [0, 0.05) is 82.7 Å². The molecule has 5 aromatic rings. The number of nitrogens with one attached hydrogen (secondary N) is 3. The summed E-state index contributed by atoms with van der Waals surface area (Å²) in [6.07, 6.45) is 5.37. The summed E-state index contributed by atoms with van der Waals surface area (Å²) < 4.78 is 54.7. The van der Waals surface area contributed by atoms with Gasteiger partial charge in [-0.05, 0) is 63.0 Å². The van der Waals surface area contributed by atoms with E-state index in [4.69, 9.17) is 26.4 Å². The average Bonchev–Trinajstić information content (AvgIpc) is 4.06. The van der Waals surface area contributed by atoms with E-state index in [0.29, 0.717) is 54.7 Å². The van der Waals surface area contributed by atoms with Gasteiger partial charge < -0.3 is 29.7 Å². The lowest BCUT2D eigenvalue weighted by atomic mass is 9.92. The number of hydrogen-bond acceptors (Lipinski definition) is 12. The number of hydrogen-bond donors (Lipinski definition) is 3. The monoisotopic (exact) mass is 887 g/mol. The van der Waals surface area contributed by atoms with Gasteiger partial charge >= 0.3 is 5.92 Å². The van der Waals surface area contributed by atoms with Crippen LogP contribution < -0.4 is 36.0 Å². The molecule has 3 saturated heterocycles. The molecule has 5 aliphatic rings. The quantitative estimate of drug-likeness (QED) is 0.159. The molecule has 332 valence electrons. The molecule has 1 unspecified atom stereocenters. The van der Waals surface area contributed by atoms with Gasteiger partial charge in [-0.1, -0.05) is 23.7 Å². The smallest absolute Gasteiger partial charge is 0.301 e. The van der Waals surface area contributed by atoms with Crippen molar-refractivity contribution in [2.75, 3.05) is 66.3 Å². The minimum atomic E-state index is -3.21. The van der Waals surface area contributed by atoms with Gasteiger partial charge in [0.15, 0.2) is 12.4 Å². The van der Waals surface area contributed by atoms with Gasteiger partial charge in [0.25, 0.3) is 5.56 Å². The molecule has 0 radical (unpaired) electrons. The third-order valence-electron chi connectivity index (χ3n) is 13.6. The Balaban J connectivity index is 0.799. The first-order valence-electron chi connectivity index (χ1n) is 21.7. The summed E-state index contributed by atoms with van der Waals surface area (Å²) in [6.45, 7) is 6.31. The second-order valence-corrected chi connectivity index (χ2v) is 18.2. The van der Waals surface area contributed by atoms with Gasteiger partial charge in [0.05, 0.1) is 51.9 Å². The van der Waals surface area contributed by atoms with Crippen LogP contribution in [-0.4, -0.2) is 105 Å². The number of aromatic nitrogens is 5.